The van der Waals surface area contributed by atoms with Gasteiger partial charge in [0.1, 0.15) is 40.7 Å². The molecule has 0 radical (unpaired) electrons. The summed E-state index contributed by atoms with van der Waals surface area (Å²) >= 11 is 6.72. The van der Waals surface area contributed by atoms with Crippen molar-refractivity contribution in [2.24, 2.45) is 5.92 Å². The van der Waals surface area contributed by atoms with Crippen LogP contribution in [0.15, 0.2) is 35.9 Å². The maximum atomic E-state index is 14.0. The summed E-state index contributed by atoms with van der Waals surface area (Å²) in [5, 5.41) is 16.9. The number of ether oxygens (including phenoxy) is 5. The number of benzene rings is 1. The van der Waals surface area contributed by atoms with Crippen LogP contribution in [0.5, 0.6) is 5.75 Å². The van der Waals surface area contributed by atoms with Crippen LogP contribution in [-0.4, -0.2) is 111 Å². The number of hydrogen-bond acceptors (Lipinski definition) is 10. The Morgan fingerprint density at radius 1 is 1.27 bits per heavy atom. The molecule has 0 aromatic heterocycles. The van der Waals surface area contributed by atoms with Gasteiger partial charge in [0.05, 0.1) is 25.3 Å². The largest absolute Gasteiger partial charge is 0.495 e. The number of halogens is 1. The first-order valence-electron chi connectivity index (χ1n) is 16.0. The third-order valence-electron chi connectivity index (χ3n) is 9.67. The number of carbonyl (C=O) groups excluding carboxylic acids is 4. The van der Waals surface area contributed by atoms with E-state index in [2.05, 4.69) is 10.6 Å². The number of likely N-dealkylation sites (N-methyl/N-ethyl adjacent to an activating group) is 1. The van der Waals surface area contributed by atoms with Crippen molar-refractivity contribution < 1.29 is 48.0 Å². The van der Waals surface area contributed by atoms with Crippen LogP contribution in [0.1, 0.15) is 46.1 Å². The molecule has 3 N–H and O–H groups in total. The number of nitrogens with one attached hydrogen (secondary N) is 2. The normalized spacial score (nSPS) is 32.7. The fourth-order valence-electron chi connectivity index (χ4n) is 6.35. The van der Waals surface area contributed by atoms with E-state index < -0.39 is 71.7 Å². The fourth-order valence-corrected chi connectivity index (χ4v) is 6.67. The summed E-state index contributed by atoms with van der Waals surface area (Å²) in [6.07, 6.45) is 0.934. The summed E-state index contributed by atoms with van der Waals surface area (Å²) in [5.41, 5.74) is -0.910. The van der Waals surface area contributed by atoms with Gasteiger partial charge in [-0.2, -0.15) is 0 Å². The number of hydrogen-bond donors (Lipinski definition) is 3. The van der Waals surface area contributed by atoms with Gasteiger partial charge in [0, 0.05) is 40.6 Å². The number of amides is 4. The number of alkyl carbamates (subject to hydrolysis) is 1. The topological polar surface area (TPSA) is 169 Å². The summed E-state index contributed by atoms with van der Waals surface area (Å²) in [4.78, 5) is 55.0. The van der Waals surface area contributed by atoms with Crippen molar-refractivity contribution in [3.05, 3.63) is 46.5 Å². The maximum Gasteiger partial charge on any atom is 0.409 e. The molecule has 2 saturated heterocycles. The van der Waals surface area contributed by atoms with E-state index >= 15 is 0 Å². The van der Waals surface area contributed by atoms with E-state index in [1.54, 1.807) is 45.2 Å². The molecule has 3 aliphatic rings. The molecule has 49 heavy (non-hydrogen) atoms. The van der Waals surface area contributed by atoms with Gasteiger partial charge in [-0.3, -0.25) is 10.1 Å². The molecule has 15 heteroatoms. The minimum absolute atomic E-state index is 0.0500. The lowest BCUT2D eigenvalue weighted by Gasteiger charge is -2.42. The van der Waals surface area contributed by atoms with Crippen molar-refractivity contribution in [2.75, 3.05) is 40.3 Å². The highest BCUT2D eigenvalue weighted by molar-refractivity contribution is 6.35. The number of anilines is 1. The van der Waals surface area contributed by atoms with E-state index in [0.717, 1.165) is 11.1 Å². The second-order valence-corrected chi connectivity index (χ2v) is 13.4. The van der Waals surface area contributed by atoms with Crippen molar-refractivity contribution in [3.8, 4) is 5.75 Å². The van der Waals surface area contributed by atoms with Gasteiger partial charge in [-0.1, -0.05) is 42.3 Å². The number of carbonyl (C=O) groups is 4. The molecule has 8 atom stereocenters. The molecular weight excluding hydrogens is 660 g/mol. The van der Waals surface area contributed by atoms with Gasteiger partial charge in [0.15, 0.2) is 5.72 Å². The standard InChI is InChI=1S/C34H47ClN4O10/c1-18-11-10-12-25(46-9)34(44)17-24(47-32(43)37-34)19(2)29-33(4,49-29)26(48-30(41)20(3)38(6)31(42)36-5)16-27(40)39(7)22-14-21(13-18)15-23(45-8)28(22)35/h10-12,14-15,19-20,24-26,29,44H,13,16-17H2,1-9H3,(H,36,42)(H,37,43)/b12-10+,18-11+/t19-,20+,24+,25-,26-,29+,33+,34+/m1/s1. The lowest BCUT2D eigenvalue weighted by molar-refractivity contribution is -0.158. The number of aliphatic hydroxyl groups is 1. The second-order valence-electron chi connectivity index (χ2n) is 13.1. The molecule has 3 aliphatic heterocycles. The van der Waals surface area contributed by atoms with Crippen molar-refractivity contribution >= 4 is 41.3 Å². The molecule has 1 aromatic carbocycles. The first-order valence-corrected chi connectivity index (χ1v) is 16.4. The molecule has 4 amide bonds. The average molecular weight is 707 g/mol. The maximum absolute atomic E-state index is 14.0. The molecule has 4 bridgehead atoms. The minimum Gasteiger partial charge on any atom is -0.495 e. The van der Waals surface area contributed by atoms with Crippen molar-refractivity contribution in [1.82, 2.24) is 15.5 Å². The summed E-state index contributed by atoms with van der Waals surface area (Å²) in [5.74, 6) is -1.35. The Morgan fingerprint density at radius 2 is 1.96 bits per heavy atom. The molecule has 270 valence electrons. The lowest BCUT2D eigenvalue weighted by Crippen LogP contribution is -2.63. The molecule has 0 spiro atoms. The van der Waals surface area contributed by atoms with Crippen LogP contribution in [0.4, 0.5) is 15.3 Å². The van der Waals surface area contributed by atoms with Crippen molar-refractivity contribution in [3.63, 3.8) is 0 Å². The van der Waals surface area contributed by atoms with Crippen molar-refractivity contribution in [2.45, 2.75) is 88.7 Å². The average Bonchev–Trinajstić information content (AvgIpc) is 3.76. The lowest BCUT2D eigenvalue weighted by atomic mass is 9.83. The van der Waals surface area contributed by atoms with Gasteiger partial charge in [0.2, 0.25) is 5.91 Å². The van der Waals surface area contributed by atoms with E-state index in [4.69, 9.17) is 35.3 Å². The van der Waals surface area contributed by atoms with E-state index in [1.165, 1.54) is 45.0 Å². The predicted octanol–water partition coefficient (Wildman–Crippen LogP) is 3.33. The first kappa shape index (κ1) is 38.0. The SMILES string of the molecule is CNC(=O)N(C)[C@@H](C)C(=O)O[C@@H]1CC(=O)N(C)c2cc(cc(OC)c2Cl)C/C(C)=C/C=C/[C@@H](OC)[C@@]2(O)C[C@H](OC(=O)N2)[C@@H](C)[C@@H]2O[C@@]12C. The molecule has 4 rings (SSSR count). The Morgan fingerprint density at radius 3 is 2.59 bits per heavy atom. The zero-order valence-corrected chi connectivity index (χ0v) is 30.1. The predicted molar refractivity (Wildman–Crippen MR) is 180 cm³/mol. The fraction of sp³-hybridized carbons (Fsp3) is 0.588. The van der Waals surface area contributed by atoms with Gasteiger partial charge < -0.3 is 43.9 Å². The van der Waals surface area contributed by atoms with Crippen LogP contribution < -0.4 is 20.3 Å². The highest BCUT2D eigenvalue weighted by Gasteiger charge is 2.64. The highest BCUT2D eigenvalue weighted by Crippen LogP contribution is 2.49. The number of allylic oxidation sites excluding steroid dienone is 3. The summed E-state index contributed by atoms with van der Waals surface area (Å²) in [6, 6.07) is 2.07. The number of rotatable bonds is 5. The molecule has 0 aliphatic carbocycles. The summed E-state index contributed by atoms with van der Waals surface area (Å²) in [6.45, 7) is 6.92. The quantitative estimate of drug-likeness (QED) is 0.305. The van der Waals surface area contributed by atoms with E-state index in [0.29, 0.717) is 17.9 Å². The third kappa shape index (κ3) is 7.98. The zero-order chi connectivity index (χ0) is 36.4. The Hall–Kier alpha value is -3.85. The van der Waals surface area contributed by atoms with Crippen LogP contribution >= 0.6 is 11.6 Å². The minimum atomic E-state index is -1.82. The summed E-state index contributed by atoms with van der Waals surface area (Å²) < 4.78 is 29.0. The van der Waals surface area contributed by atoms with Crippen LogP contribution in [0.3, 0.4) is 0 Å². The molecule has 3 heterocycles. The smallest absolute Gasteiger partial charge is 0.409 e. The number of nitrogens with zero attached hydrogens (tertiary/aromatic N) is 2. The van der Waals surface area contributed by atoms with Gasteiger partial charge in [-0.05, 0) is 44.9 Å². The molecule has 1 aromatic rings. The third-order valence-corrected chi connectivity index (χ3v) is 10.0. The zero-order valence-electron chi connectivity index (χ0n) is 29.4. The van der Waals surface area contributed by atoms with Crippen LogP contribution in [-0.2, 0) is 35.0 Å². The van der Waals surface area contributed by atoms with Crippen LogP contribution in [0.2, 0.25) is 5.02 Å². The Labute approximate surface area is 291 Å². The Kier molecular flexibility index (Phi) is 11.6. The first-order chi connectivity index (χ1) is 23.0. The highest BCUT2D eigenvalue weighted by atomic mass is 35.5. The monoisotopic (exact) mass is 706 g/mol. The van der Waals surface area contributed by atoms with Gasteiger partial charge in [0.25, 0.3) is 0 Å². The number of methoxy groups -OCH3 is 2. The van der Waals surface area contributed by atoms with Gasteiger partial charge >= 0.3 is 18.1 Å². The van der Waals surface area contributed by atoms with Crippen LogP contribution in [0, 0.1) is 5.92 Å². The van der Waals surface area contributed by atoms with E-state index in [1.807, 2.05) is 13.0 Å². The van der Waals surface area contributed by atoms with E-state index in [9.17, 15) is 24.3 Å². The molecule has 0 unspecified atom stereocenters. The number of esters is 1. The van der Waals surface area contributed by atoms with Gasteiger partial charge in [-0.15, -0.1) is 0 Å². The van der Waals surface area contributed by atoms with Gasteiger partial charge in [-0.25, -0.2) is 14.4 Å². The Balaban J connectivity index is 1.79. The Bertz CT molecular complexity index is 1520. The molecular formula is C34H47ClN4O10. The number of epoxide rings is 1. The second kappa shape index (κ2) is 15.0. The molecule has 14 nitrogen and oxygen atoms in total. The van der Waals surface area contributed by atoms with E-state index in [-0.39, 0.29) is 17.9 Å². The molecule has 2 fully saturated rings. The number of urea groups is 1. The number of fused-ring (bicyclic) bond motifs is 5. The molecule has 0 saturated carbocycles. The van der Waals surface area contributed by atoms with Crippen molar-refractivity contribution in [1.29, 1.82) is 0 Å². The summed E-state index contributed by atoms with van der Waals surface area (Å²) in [7, 11) is 7.37. The van der Waals surface area contributed by atoms with Crippen LogP contribution in [0.25, 0.3) is 0 Å².